The SMILES string of the molecule is CCc1c(F)ccc2cc(O)cc(-c3c(F)c4nc(OC[C@@]56CCCN5C[C@H](F)C6)nc(N5[C@@H]6CC[C@H]5CN(C5CC(COC)C5)C6)c4c4cn(C)nc34)c12. The normalized spacial score (nSPS) is 28.2. The molecule has 0 amide bonds. The third-order valence-electron chi connectivity index (χ3n) is 13.5. The van der Waals surface area contributed by atoms with Crippen molar-refractivity contribution in [1.82, 2.24) is 29.5 Å². The van der Waals surface area contributed by atoms with Crippen LogP contribution in [0.25, 0.3) is 43.7 Å². The number of halogens is 3. The number of aromatic nitrogens is 4. The Morgan fingerprint density at radius 1 is 1.00 bits per heavy atom. The highest BCUT2D eigenvalue weighted by molar-refractivity contribution is 6.18. The highest BCUT2D eigenvalue weighted by Gasteiger charge is 2.50. The molecule has 5 fully saturated rings. The first-order valence-corrected chi connectivity index (χ1v) is 20.0. The number of phenols is 1. The zero-order valence-corrected chi connectivity index (χ0v) is 31.7. The fourth-order valence-electron chi connectivity index (χ4n) is 11.1. The van der Waals surface area contributed by atoms with E-state index in [0.717, 1.165) is 64.8 Å². The van der Waals surface area contributed by atoms with Gasteiger partial charge in [-0.05, 0) is 97.5 Å². The van der Waals surface area contributed by atoms with Gasteiger partial charge in [0.15, 0.2) is 5.82 Å². The molecule has 6 heterocycles. The Morgan fingerprint density at radius 3 is 2.56 bits per heavy atom. The van der Waals surface area contributed by atoms with Crippen molar-refractivity contribution in [1.29, 1.82) is 0 Å². The number of nitrogens with zero attached hydrogens (tertiary/aromatic N) is 7. The molecule has 4 atom stereocenters. The van der Waals surface area contributed by atoms with Crippen LogP contribution in [-0.4, -0.2) is 111 Å². The molecule has 2 bridgehead atoms. The summed E-state index contributed by atoms with van der Waals surface area (Å²) >= 11 is 0. The molecule has 0 unspecified atom stereocenters. The van der Waals surface area contributed by atoms with Crippen LogP contribution >= 0.6 is 0 Å². The Labute approximate surface area is 318 Å². The van der Waals surface area contributed by atoms with Gasteiger partial charge in [0.05, 0.1) is 10.9 Å². The van der Waals surface area contributed by atoms with E-state index >= 15 is 8.78 Å². The first-order chi connectivity index (χ1) is 26.6. The Morgan fingerprint density at radius 2 is 1.80 bits per heavy atom. The third-order valence-corrected chi connectivity index (χ3v) is 13.5. The van der Waals surface area contributed by atoms with Crippen molar-refractivity contribution in [2.24, 2.45) is 13.0 Å². The first-order valence-electron chi connectivity index (χ1n) is 20.0. The predicted molar refractivity (Wildman–Crippen MR) is 206 cm³/mol. The van der Waals surface area contributed by atoms with Gasteiger partial charge >= 0.3 is 6.01 Å². The van der Waals surface area contributed by atoms with Crippen LogP contribution in [0.15, 0.2) is 30.5 Å². The Hall–Kier alpha value is -4.20. The molecule has 290 valence electrons. The van der Waals surface area contributed by atoms with Gasteiger partial charge in [-0.3, -0.25) is 14.5 Å². The van der Waals surface area contributed by atoms with Gasteiger partial charge in [-0.2, -0.15) is 15.1 Å². The summed E-state index contributed by atoms with van der Waals surface area (Å²) in [7, 11) is 3.57. The van der Waals surface area contributed by atoms with Crippen LogP contribution in [0.1, 0.15) is 57.4 Å². The molecule has 4 aliphatic heterocycles. The molecule has 2 aromatic heterocycles. The summed E-state index contributed by atoms with van der Waals surface area (Å²) in [5.41, 5.74) is 0.943. The highest BCUT2D eigenvalue weighted by atomic mass is 19.1. The number of methoxy groups -OCH3 is 1. The number of alkyl halides is 1. The first kappa shape index (κ1) is 35.2. The van der Waals surface area contributed by atoms with Crippen molar-refractivity contribution in [3.05, 3.63) is 47.7 Å². The number of aryl methyl sites for hydroxylation is 2. The van der Waals surface area contributed by atoms with Crippen molar-refractivity contribution in [3.8, 4) is 22.9 Å². The number of hydrogen-bond acceptors (Lipinski definition) is 9. The summed E-state index contributed by atoms with van der Waals surface area (Å²) in [6.07, 6.45) is 7.76. The molecule has 55 heavy (non-hydrogen) atoms. The lowest BCUT2D eigenvalue weighted by molar-refractivity contribution is 0.0199. The zero-order valence-electron chi connectivity index (χ0n) is 31.7. The van der Waals surface area contributed by atoms with Crippen LogP contribution in [0.2, 0.25) is 0 Å². The smallest absolute Gasteiger partial charge is 0.319 e. The molecular formula is C42H48F3N7O3. The minimum absolute atomic E-state index is 0.0587. The van der Waals surface area contributed by atoms with E-state index in [1.54, 1.807) is 31.0 Å². The second-order valence-corrected chi connectivity index (χ2v) is 16.8. The Bertz CT molecular complexity index is 2320. The molecule has 1 N–H and O–H groups in total. The van der Waals surface area contributed by atoms with E-state index in [2.05, 4.69) is 14.7 Å². The Balaban J connectivity index is 1.15. The topological polar surface area (TPSA) is 92.0 Å². The van der Waals surface area contributed by atoms with E-state index in [1.807, 2.05) is 13.1 Å². The fourth-order valence-corrected chi connectivity index (χ4v) is 11.1. The molecule has 4 saturated heterocycles. The summed E-state index contributed by atoms with van der Waals surface area (Å²) in [5, 5.41) is 18.1. The molecular weight excluding hydrogens is 708 g/mol. The number of anilines is 1. The number of fused-ring (bicyclic) bond motifs is 7. The van der Waals surface area contributed by atoms with Gasteiger partial charge in [-0.15, -0.1) is 0 Å². The number of hydrogen-bond donors (Lipinski definition) is 1. The van der Waals surface area contributed by atoms with E-state index < -0.39 is 23.3 Å². The lowest BCUT2D eigenvalue weighted by atomic mass is 9.79. The van der Waals surface area contributed by atoms with Gasteiger partial charge in [0.2, 0.25) is 0 Å². The summed E-state index contributed by atoms with van der Waals surface area (Å²) in [5.74, 6) is 0.128. The van der Waals surface area contributed by atoms with Crippen molar-refractivity contribution >= 4 is 38.4 Å². The minimum Gasteiger partial charge on any atom is -0.508 e. The second-order valence-electron chi connectivity index (χ2n) is 16.8. The molecule has 0 spiro atoms. The molecule has 1 saturated carbocycles. The maximum Gasteiger partial charge on any atom is 0.319 e. The van der Waals surface area contributed by atoms with Crippen LogP contribution in [0, 0.1) is 17.6 Å². The van der Waals surface area contributed by atoms with Gasteiger partial charge in [-0.1, -0.05) is 13.0 Å². The number of likely N-dealkylation sites (tertiary alicyclic amines) is 1. The lowest BCUT2D eigenvalue weighted by Gasteiger charge is -2.49. The standard InChI is InChI=1S/C42H48F3N7O3/c1-4-30-33(44)9-6-24-14-29(53)15-31(34(24)30)35-37(45)39-36(32-20-49(2)48-38(32)35)40(47-41(46-39)55-22-42-10-5-11-51(42)17-25(43)16-42)52-26-7-8-27(52)19-50(18-26)28-12-23(13-28)21-54-3/h6,9,14-15,20,23,25-28,53H,4-5,7-8,10-13,16-19,21-22H2,1-3H3/t23?,25-,26-,27+,28?,42+/m1/s1. The predicted octanol–water partition coefficient (Wildman–Crippen LogP) is 6.92. The molecule has 5 aliphatic rings. The molecule has 10 nitrogen and oxygen atoms in total. The number of aromatic hydroxyl groups is 1. The van der Waals surface area contributed by atoms with Crippen LogP contribution in [0.5, 0.6) is 11.8 Å². The Kier molecular flexibility index (Phi) is 8.45. The summed E-state index contributed by atoms with van der Waals surface area (Å²) in [4.78, 5) is 17.2. The van der Waals surface area contributed by atoms with Crippen molar-refractivity contribution in [2.75, 3.05) is 51.4 Å². The average Bonchev–Trinajstić information content (AvgIpc) is 3.87. The summed E-state index contributed by atoms with van der Waals surface area (Å²) in [6, 6.07) is 6.99. The maximum absolute atomic E-state index is 17.9. The summed E-state index contributed by atoms with van der Waals surface area (Å²) < 4.78 is 61.7. The highest BCUT2D eigenvalue weighted by Crippen LogP contribution is 2.48. The second kappa shape index (κ2) is 13.2. The number of ether oxygens (including phenoxy) is 2. The van der Waals surface area contributed by atoms with E-state index in [4.69, 9.17) is 24.5 Å². The molecule has 13 heteroatoms. The van der Waals surface area contributed by atoms with E-state index in [-0.39, 0.29) is 41.5 Å². The quantitative estimate of drug-likeness (QED) is 0.172. The van der Waals surface area contributed by atoms with Crippen LogP contribution < -0.4 is 9.64 Å². The van der Waals surface area contributed by atoms with Crippen molar-refractivity contribution < 1.29 is 27.8 Å². The van der Waals surface area contributed by atoms with Gasteiger partial charge in [0, 0.05) is 82.1 Å². The number of piperazine rings is 1. The van der Waals surface area contributed by atoms with Gasteiger partial charge in [-0.25, -0.2) is 13.2 Å². The molecule has 5 aromatic rings. The number of benzene rings is 3. The van der Waals surface area contributed by atoms with Crippen LogP contribution in [0.3, 0.4) is 0 Å². The largest absolute Gasteiger partial charge is 0.508 e. The molecule has 0 radical (unpaired) electrons. The number of phenolic OH excluding ortho intramolecular Hbond substituents is 1. The van der Waals surface area contributed by atoms with E-state index in [1.165, 1.54) is 12.1 Å². The number of rotatable bonds is 9. The third kappa shape index (κ3) is 5.58. The van der Waals surface area contributed by atoms with Crippen LogP contribution in [-0.2, 0) is 18.2 Å². The average molecular weight is 756 g/mol. The van der Waals surface area contributed by atoms with Crippen molar-refractivity contribution in [2.45, 2.75) is 88.1 Å². The van der Waals surface area contributed by atoms with Gasteiger partial charge < -0.3 is 19.5 Å². The van der Waals surface area contributed by atoms with Gasteiger partial charge in [0.1, 0.15) is 41.2 Å². The zero-order chi connectivity index (χ0) is 37.7. The summed E-state index contributed by atoms with van der Waals surface area (Å²) in [6.45, 7) is 5.86. The molecule has 3 aromatic carbocycles. The monoisotopic (exact) mass is 755 g/mol. The van der Waals surface area contributed by atoms with Gasteiger partial charge in [0.25, 0.3) is 0 Å². The van der Waals surface area contributed by atoms with E-state index in [0.29, 0.717) is 75.4 Å². The molecule has 10 rings (SSSR count). The lowest BCUT2D eigenvalue weighted by Crippen LogP contribution is -2.59. The fraction of sp³-hybridized carbons (Fsp3) is 0.548. The maximum atomic E-state index is 17.9. The van der Waals surface area contributed by atoms with Crippen molar-refractivity contribution in [3.63, 3.8) is 0 Å². The molecule has 1 aliphatic carbocycles. The minimum atomic E-state index is -0.918. The van der Waals surface area contributed by atoms with Crippen LogP contribution in [0.4, 0.5) is 19.0 Å². The van der Waals surface area contributed by atoms with E-state index in [9.17, 15) is 9.50 Å².